The molecule has 2 rings (SSSR count). The number of nitrogens with one attached hydrogen (secondary N) is 1. The smallest absolute Gasteiger partial charge is 0.0599 e. The largest absolute Gasteiger partial charge is 0.378 e. The molecule has 1 fully saturated rings. The number of piperidine rings is 1. The Balaban J connectivity index is 1.52. The summed E-state index contributed by atoms with van der Waals surface area (Å²) in [6.45, 7) is 5.29. The molecular formula is C14H24N2OS. The van der Waals surface area contributed by atoms with Crippen LogP contribution in [0.3, 0.4) is 0 Å². The molecule has 0 spiro atoms. The first-order valence-electron chi connectivity index (χ1n) is 6.86. The molecule has 0 unspecified atom stereocenters. The van der Waals surface area contributed by atoms with Gasteiger partial charge >= 0.3 is 0 Å². The van der Waals surface area contributed by atoms with Gasteiger partial charge in [0, 0.05) is 19.7 Å². The number of hydrogen-bond acceptors (Lipinski definition) is 4. The molecule has 0 amide bonds. The Morgan fingerprint density at radius 1 is 1.44 bits per heavy atom. The van der Waals surface area contributed by atoms with Crippen molar-refractivity contribution in [2.45, 2.75) is 31.9 Å². The highest BCUT2D eigenvalue weighted by Gasteiger charge is 2.12. The Kier molecular flexibility index (Phi) is 6.14. The van der Waals surface area contributed by atoms with Crippen LogP contribution in [0.2, 0.25) is 0 Å². The van der Waals surface area contributed by atoms with Gasteiger partial charge in [-0.15, -0.1) is 0 Å². The average molecular weight is 268 g/mol. The molecule has 0 aromatic carbocycles. The van der Waals surface area contributed by atoms with Gasteiger partial charge in [-0.25, -0.2) is 0 Å². The van der Waals surface area contributed by atoms with E-state index in [2.05, 4.69) is 34.1 Å². The first kappa shape index (κ1) is 14.0. The molecule has 1 aromatic rings. The summed E-state index contributed by atoms with van der Waals surface area (Å²) >= 11 is 1.77. The predicted octanol–water partition coefficient (Wildman–Crippen LogP) is 2.34. The van der Waals surface area contributed by atoms with Crippen LogP contribution in [0.4, 0.5) is 0 Å². The molecule has 1 aromatic heterocycles. The fraction of sp³-hybridized carbons (Fsp3) is 0.714. The van der Waals surface area contributed by atoms with E-state index in [1.54, 1.807) is 11.3 Å². The molecule has 1 saturated heterocycles. The van der Waals surface area contributed by atoms with Crippen LogP contribution in [-0.2, 0) is 11.3 Å². The minimum Gasteiger partial charge on any atom is -0.378 e. The van der Waals surface area contributed by atoms with Crippen molar-refractivity contribution in [3.63, 3.8) is 0 Å². The maximum absolute atomic E-state index is 5.90. The fourth-order valence-electron chi connectivity index (χ4n) is 2.32. The molecule has 1 aliphatic heterocycles. The lowest BCUT2D eigenvalue weighted by Crippen LogP contribution is -2.33. The van der Waals surface area contributed by atoms with Gasteiger partial charge < -0.3 is 15.0 Å². The Morgan fingerprint density at radius 2 is 2.28 bits per heavy atom. The van der Waals surface area contributed by atoms with Crippen LogP contribution in [0.5, 0.6) is 0 Å². The third-order valence-corrected chi connectivity index (χ3v) is 4.09. The highest BCUT2D eigenvalue weighted by atomic mass is 32.1. The molecule has 2 heterocycles. The zero-order chi connectivity index (χ0) is 12.6. The van der Waals surface area contributed by atoms with Crippen molar-refractivity contribution < 1.29 is 4.74 Å². The fourth-order valence-corrected chi connectivity index (χ4v) is 2.98. The minimum atomic E-state index is 0.494. The topological polar surface area (TPSA) is 24.5 Å². The Hall–Kier alpha value is -0.420. The molecular weight excluding hydrogens is 244 g/mol. The Labute approximate surface area is 114 Å². The normalized spacial score (nSPS) is 17.4. The molecule has 3 nitrogen and oxygen atoms in total. The van der Waals surface area contributed by atoms with E-state index < -0.39 is 0 Å². The first-order valence-corrected chi connectivity index (χ1v) is 7.81. The summed E-state index contributed by atoms with van der Waals surface area (Å²) in [6, 6.07) is 2.20. The third kappa shape index (κ3) is 5.06. The Morgan fingerprint density at radius 3 is 3.00 bits per heavy atom. The van der Waals surface area contributed by atoms with Gasteiger partial charge in [0.05, 0.1) is 6.10 Å². The lowest BCUT2D eigenvalue weighted by molar-refractivity contribution is 0.0284. The maximum atomic E-state index is 5.90. The second-order valence-electron chi connectivity index (χ2n) is 5.04. The minimum absolute atomic E-state index is 0.494. The van der Waals surface area contributed by atoms with E-state index in [-0.39, 0.29) is 0 Å². The van der Waals surface area contributed by atoms with E-state index in [0.29, 0.717) is 6.10 Å². The van der Waals surface area contributed by atoms with Crippen molar-refractivity contribution in [1.82, 2.24) is 10.2 Å². The summed E-state index contributed by atoms with van der Waals surface area (Å²) in [6.07, 6.45) is 3.97. The van der Waals surface area contributed by atoms with E-state index in [1.807, 2.05) is 0 Å². The number of hydrogen-bond donors (Lipinski definition) is 1. The van der Waals surface area contributed by atoms with Crippen molar-refractivity contribution in [1.29, 1.82) is 0 Å². The molecule has 1 aliphatic rings. The monoisotopic (exact) mass is 268 g/mol. The van der Waals surface area contributed by atoms with Gasteiger partial charge in [-0.3, -0.25) is 0 Å². The number of ether oxygens (including phenoxy) is 1. The highest BCUT2D eigenvalue weighted by molar-refractivity contribution is 7.07. The third-order valence-electron chi connectivity index (χ3n) is 3.36. The van der Waals surface area contributed by atoms with Gasteiger partial charge in [0.15, 0.2) is 0 Å². The number of nitrogens with zero attached hydrogens (tertiary/aromatic N) is 1. The summed E-state index contributed by atoms with van der Waals surface area (Å²) in [5, 5.41) is 7.73. The molecule has 18 heavy (non-hydrogen) atoms. The molecule has 0 atom stereocenters. The molecule has 0 bridgehead atoms. The van der Waals surface area contributed by atoms with Crippen molar-refractivity contribution in [2.75, 3.05) is 33.3 Å². The Bertz CT molecular complexity index is 310. The summed E-state index contributed by atoms with van der Waals surface area (Å²) in [7, 11) is 2.18. The standard InChI is InChI=1S/C14H24N2OS/c1-16(11-13-5-10-18-12-13)8-2-9-17-14-3-6-15-7-4-14/h5,10,12,14-15H,2-4,6-9,11H2,1H3. The van der Waals surface area contributed by atoms with Gasteiger partial charge in [0.1, 0.15) is 0 Å². The van der Waals surface area contributed by atoms with E-state index in [1.165, 1.54) is 18.4 Å². The van der Waals surface area contributed by atoms with Crippen molar-refractivity contribution in [3.05, 3.63) is 22.4 Å². The number of rotatable bonds is 7. The predicted molar refractivity (Wildman–Crippen MR) is 77.1 cm³/mol. The van der Waals surface area contributed by atoms with Crippen LogP contribution in [0.1, 0.15) is 24.8 Å². The second-order valence-corrected chi connectivity index (χ2v) is 5.82. The van der Waals surface area contributed by atoms with Gasteiger partial charge in [-0.1, -0.05) is 0 Å². The van der Waals surface area contributed by atoms with Crippen molar-refractivity contribution in [2.24, 2.45) is 0 Å². The van der Waals surface area contributed by atoms with Crippen LogP contribution in [0, 0.1) is 0 Å². The zero-order valence-electron chi connectivity index (χ0n) is 11.2. The molecule has 4 heteroatoms. The molecule has 0 radical (unpaired) electrons. The van der Waals surface area contributed by atoms with E-state index in [0.717, 1.165) is 39.2 Å². The summed E-state index contributed by atoms with van der Waals surface area (Å²) in [5.41, 5.74) is 1.42. The summed E-state index contributed by atoms with van der Waals surface area (Å²) < 4.78 is 5.90. The highest BCUT2D eigenvalue weighted by Crippen LogP contribution is 2.10. The van der Waals surface area contributed by atoms with Crippen LogP contribution in [-0.4, -0.2) is 44.3 Å². The van der Waals surface area contributed by atoms with Gasteiger partial charge in [-0.05, 0) is 61.8 Å². The quantitative estimate of drug-likeness (QED) is 0.768. The maximum Gasteiger partial charge on any atom is 0.0599 e. The molecule has 0 saturated carbocycles. The van der Waals surface area contributed by atoms with Gasteiger partial charge in [-0.2, -0.15) is 11.3 Å². The lowest BCUT2D eigenvalue weighted by atomic mass is 10.1. The zero-order valence-corrected chi connectivity index (χ0v) is 12.0. The van der Waals surface area contributed by atoms with Crippen molar-refractivity contribution in [3.8, 4) is 0 Å². The first-order chi connectivity index (χ1) is 8.84. The van der Waals surface area contributed by atoms with Crippen LogP contribution >= 0.6 is 11.3 Å². The van der Waals surface area contributed by atoms with Crippen LogP contribution < -0.4 is 5.32 Å². The molecule has 0 aliphatic carbocycles. The van der Waals surface area contributed by atoms with E-state index in [9.17, 15) is 0 Å². The van der Waals surface area contributed by atoms with Crippen LogP contribution in [0.25, 0.3) is 0 Å². The molecule has 1 N–H and O–H groups in total. The SMILES string of the molecule is CN(CCCOC1CCNCC1)Cc1ccsc1. The van der Waals surface area contributed by atoms with Crippen molar-refractivity contribution >= 4 is 11.3 Å². The van der Waals surface area contributed by atoms with Gasteiger partial charge in [0.2, 0.25) is 0 Å². The molecule has 102 valence electrons. The average Bonchev–Trinajstić information content (AvgIpc) is 2.89. The van der Waals surface area contributed by atoms with E-state index in [4.69, 9.17) is 4.74 Å². The summed E-state index contributed by atoms with van der Waals surface area (Å²) in [5.74, 6) is 0. The number of thiophene rings is 1. The van der Waals surface area contributed by atoms with Crippen LogP contribution in [0.15, 0.2) is 16.8 Å². The lowest BCUT2D eigenvalue weighted by Gasteiger charge is -2.23. The van der Waals surface area contributed by atoms with Gasteiger partial charge in [0.25, 0.3) is 0 Å². The summed E-state index contributed by atoms with van der Waals surface area (Å²) in [4.78, 5) is 2.37. The van der Waals surface area contributed by atoms with E-state index >= 15 is 0 Å². The second kappa shape index (κ2) is 7.89.